The van der Waals surface area contributed by atoms with Gasteiger partial charge >= 0.3 is 0 Å². The van der Waals surface area contributed by atoms with Gasteiger partial charge < -0.3 is 19.5 Å². The van der Waals surface area contributed by atoms with E-state index in [4.69, 9.17) is 9.47 Å². The number of benzene rings is 1. The number of aliphatic hydroxyl groups excluding tert-OH is 1. The van der Waals surface area contributed by atoms with E-state index in [1.807, 2.05) is 35.2 Å². The van der Waals surface area contributed by atoms with Gasteiger partial charge in [0.2, 0.25) is 5.91 Å². The van der Waals surface area contributed by atoms with E-state index in [-0.39, 0.29) is 24.0 Å². The zero-order chi connectivity index (χ0) is 17.6. The smallest absolute Gasteiger partial charge is 0.226 e. The highest BCUT2D eigenvalue weighted by Gasteiger charge is 2.39. The third-order valence-corrected chi connectivity index (χ3v) is 5.41. The molecule has 1 aliphatic carbocycles. The molecule has 0 spiro atoms. The van der Waals surface area contributed by atoms with Crippen molar-refractivity contribution in [1.29, 1.82) is 0 Å². The highest BCUT2D eigenvalue weighted by Crippen LogP contribution is 2.36. The quantitative estimate of drug-likeness (QED) is 0.804. The Balaban J connectivity index is 1.57. The summed E-state index contributed by atoms with van der Waals surface area (Å²) in [4.78, 5) is 15.0. The van der Waals surface area contributed by atoms with Gasteiger partial charge in [-0.05, 0) is 37.7 Å². The van der Waals surface area contributed by atoms with Crippen LogP contribution in [0.25, 0.3) is 0 Å². The molecule has 1 N–H and O–H groups in total. The summed E-state index contributed by atoms with van der Waals surface area (Å²) in [7, 11) is 1.67. The van der Waals surface area contributed by atoms with E-state index in [1.165, 1.54) is 0 Å². The van der Waals surface area contributed by atoms with Crippen LogP contribution < -0.4 is 0 Å². The van der Waals surface area contributed by atoms with Crippen molar-refractivity contribution in [1.82, 2.24) is 4.90 Å². The molecule has 0 radical (unpaired) electrons. The molecule has 5 heteroatoms. The van der Waals surface area contributed by atoms with Gasteiger partial charge in [0.15, 0.2) is 0 Å². The lowest BCUT2D eigenvalue weighted by Crippen LogP contribution is -2.39. The fourth-order valence-electron chi connectivity index (χ4n) is 4.06. The average molecular weight is 347 g/mol. The van der Waals surface area contributed by atoms with Crippen LogP contribution in [-0.2, 0) is 14.3 Å². The maximum Gasteiger partial charge on any atom is 0.226 e. The molecule has 2 unspecified atom stereocenters. The Bertz CT molecular complexity index is 542. The second kappa shape index (κ2) is 8.79. The first-order valence-corrected chi connectivity index (χ1v) is 9.33. The fraction of sp³-hybridized carbons (Fsp3) is 0.650. The van der Waals surface area contributed by atoms with Gasteiger partial charge in [0, 0.05) is 19.6 Å². The summed E-state index contributed by atoms with van der Waals surface area (Å²) in [6.45, 7) is 1.68. The van der Waals surface area contributed by atoms with Crippen LogP contribution in [0.3, 0.4) is 0 Å². The van der Waals surface area contributed by atoms with Gasteiger partial charge in [-0.15, -0.1) is 0 Å². The minimum absolute atomic E-state index is 0.000577. The maximum atomic E-state index is 13.1. The van der Waals surface area contributed by atoms with Crippen LogP contribution in [0.4, 0.5) is 0 Å². The molecule has 1 saturated carbocycles. The topological polar surface area (TPSA) is 59.0 Å². The highest BCUT2D eigenvalue weighted by molar-refractivity contribution is 5.80. The van der Waals surface area contributed by atoms with Gasteiger partial charge in [0.05, 0.1) is 31.5 Å². The van der Waals surface area contributed by atoms with E-state index < -0.39 is 6.10 Å². The van der Waals surface area contributed by atoms with E-state index in [0.717, 1.165) is 31.2 Å². The van der Waals surface area contributed by atoms with Crippen LogP contribution in [0.5, 0.6) is 0 Å². The lowest BCUT2D eigenvalue weighted by Gasteiger charge is -2.33. The van der Waals surface area contributed by atoms with Crippen LogP contribution in [0, 0.1) is 5.92 Å². The van der Waals surface area contributed by atoms with Gasteiger partial charge in [-0.1, -0.05) is 30.3 Å². The molecule has 3 rings (SSSR count). The van der Waals surface area contributed by atoms with Gasteiger partial charge in [0.25, 0.3) is 0 Å². The SMILES string of the molecule is COCCOC1CCC(C(=O)N2CC(O)CC2c2ccccc2)CC1. The maximum absolute atomic E-state index is 13.1. The molecule has 1 aromatic rings. The Kier molecular flexibility index (Phi) is 6.45. The van der Waals surface area contributed by atoms with Crippen molar-refractivity contribution in [2.24, 2.45) is 5.92 Å². The number of likely N-dealkylation sites (tertiary alicyclic amines) is 1. The summed E-state index contributed by atoms with van der Waals surface area (Å²) in [6, 6.07) is 10.1. The predicted octanol–water partition coefficient (Wildman–Crippen LogP) is 2.54. The molecule has 5 nitrogen and oxygen atoms in total. The molecule has 25 heavy (non-hydrogen) atoms. The molecule has 1 heterocycles. The summed E-state index contributed by atoms with van der Waals surface area (Å²) in [5.74, 6) is 0.250. The van der Waals surface area contributed by atoms with Crippen LogP contribution in [0.15, 0.2) is 30.3 Å². The van der Waals surface area contributed by atoms with Crippen molar-refractivity contribution >= 4 is 5.91 Å². The van der Waals surface area contributed by atoms with Crippen molar-refractivity contribution in [3.63, 3.8) is 0 Å². The summed E-state index contributed by atoms with van der Waals surface area (Å²) >= 11 is 0. The monoisotopic (exact) mass is 347 g/mol. The zero-order valence-corrected chi connectivity index (χ0v) is 15.0. The Morgan fingerprint density at radius 2 is 1.88 bits per heavy atom. The number of hydrogen-bond acceptors (Lipinski definition) is 4. The zero-order valence-electron chi connectivity index (χ0n) is 15.0. The van der Waals surface area contributed by atoms with Crippen LogP contribution in [-0.4, -0.2) is 55.0 Å². The minimum atomic E-state index is -0.428. The summed E-state index contributed by atoms with van der Waals surface area (Å²) in [5, 5.41) is 10.1. The first-order valence-electron chi connectivity index (χ1n) is 9.33. The first-order chi connectivity index (χ1) is 12.2. The predicted molar refractivity (Wildman–Crippen MR) is 95.1 cm³/mol. The molecule has 1 aromatic carbocycles. The molecule has 0 bridgehead atoms. The summed E-state index contributed by atoms with van der Waals surface area (Å²) in [5.41, 5.74) is 1.11. The van der Waals surface area contributed by atoms with E-state index >= 15 is 0 Å². The third kappa shape index (κ3) is 4.60. The normalized spacial score (nSPS) is 29.8. The number of ether oxygens (including phenoxy) is 2. The molecular weight excluding hydrogens is 318 g/mol. The van der Waals surface area contributed by atoms with Gasteiger partial charge in [-0.25, -0.2) is 0 Å². The molecule has 2 atom stereocenters. The number of carbonyl (C=O) groups excluding carboxylic acids is 1. The fourth-order valence-corrected chi connectivity index (χ4v) is 4.06. The Morgan fingerprint density at radius 1 is 1.16 bits per heavy atom. The van der Waals surface area contributed by atoms with Crippen molar-refractivity contribution in [3.05, 3.63) is 35.9 Å². The number of hydrogen-bond donors (Lipinski definition) is 1. The standard InChI is InChI=1S/C20H29NO4/c1-24-11-12-25-18-9-7-16(8-10-18)20(23)21-14-17(22)13-19(21)15-5-3-2-4-6-15/h2-6,16-19,22H,7-14H2,1H3. The number of rotatable bonds is 6. The largest absolute Gasteiger partial charge is 0.391 e. The molecule has 2 fully saturated rings. The third-order valence-electron chi connectivity index (χ3n) is 5.41. The van der Waals surface area contributed by atoms with Crippen molar-refractivity contribution in [2.45, 2.75) is 50.4 Å². The molecular formula is C20H29NO4. The molecule has 138 valence electrons. The average Bonchev–Trinajstić information content (AvgIpc) is 3.04. The second-order valence-corrected chi connectivity index (χ2v) is 7.14. The van der Waals surface area contributed by atoms with E-state index in [2.05, 4.69) is 0 Å². The summed E-state index contributed by atoms with van der Waals surface area (Å²) < 4.78 is 10.8. The highest BCUT2D eigenvalue weighted by atomic mass is 16.5. The molecule has 1 amide bonds. The number of aliphatic hydroxyl groups is 1. The van der Waals surface area contributed by atoms with Crippen LogP contribution >= 0.6 is 0 Å². The van der Waals surface area contributed by atoms with Gasteiger partial charge in [-0.3, -0.25) is 4.79 Å². The van der Waals surface area contributed by atoms with Crippen molar-refractivity contribution < 1.29 is 19.4 Å². The molecule has 1 saturated heterocycles. The number of β-amino-alcohol motifs (C(OH)–C–C–N with tert-alkyl or cyclic N) is 1. The van der Waals surface area contributed by atoms with Crippen LogP contribution in [0.1, 0.15) is 43.7 Å². The number of amides is 1. The lowest BCUT2D eigenvalue weighted by atomic mass is 9.86. The second-order valence-electron chi connectivity index (χ2n) is 7.14. The lowest BCUT2D eigenvalue weighted by molar-refractivity contribution is -0.139. The summed E-state index contributed by atoms with van der Waals surface area (Å²) in [6.07, 6.45) is 4.02. The Morgan fingerprint density at radius 3 is 2.56 bits per heavy atom. The Hall–Kier alpha value is -1.43. The van der Waals surface area contributed by atoms with Gasteiger partial charge in [0.1, 0.15) is 0 Å². The van der Waals surface area contributed by atoms with E-state index in [1.54, 1.807) is 7.11 Å². The van der Waals surface area contributed by atoms with E-state index in [0.29, 0.717) is 26.2 Å². The number of nitrogens with zero attached hydrogens (tertiary/aromatic N) is 1. The molecule has 1 aliphatic heterocycles. The number of methoxy groups -OCH3 is 1. The van der Waals surface area contributed by atoms with Gasteiger partial charge in [-0.2, -0.15) is 0 Å². The number of carbonyl (C=O) groups is 1. The van der Waals surface area contributed by atoms with Crippen molar-refractivity contribution in [2.75, 3.05) is 26.9 Å². The van der Waals surface area contributed by atoms with Crippen LogP contribution in [0.2, 0.25) is 0 Å². The minimum Gasteiger partial charge on any atom is -0.391 e. The first kappa shape index (κ1) is 18.4. The Labute approximate surface area is 149 Å². The van der Waals surface area contributed by atoms with E-state index in [9.17, 15) is 9.90 Å². The molecule has 2 aliphatic rings. The molecule has 0 aromatic heterocycles. The van der Waals surface area contributed by atoms with Crippen molar-refractivity contribution in [3.8, 4) is 0 Å².